The molecule has 0 heterocycles. The van der Waals surface area contributed by atoms with Crippen molar-refractivity contribution in [2.75, 3.05) is 13.2 Å². The lowest BCUT2D eigenvalue weighted by Gasteiger charge is -2.18. The third-order valence-electron chi connectivity index (χ3n) is 10.7. The van der Waals surface area contributed by atoms with E-state index in [1.807, 2.05) is 0 Å². The van der Waals surface area contributed by atoms with Gasteiger partial charge in [-0.2, -0.15) is 0 Å². The van der Waals surface area contributed by atoms with Crippen LogP contribution in [0.15, 0.2) is 24.3 Å². The first-order chi connectivity index (χ1) is 27.5. The van der Waals surface area contributed by atoms with E-state index in [-0.39, 0.29) is 31.1 Å². The maximum Gasteiger partial charge on any atom is 0.306 e. The fourth-order valence-electron chi connectivity index (χ4n) is 7.00. The zero-order chi connectivity index (χ0) is 40.8. The zero-order valence-electron chi connectivity index (χ0n) is 37.4. The van der Waals surface area contributed by atoms with Crippen molar-refractivity contribution in [1.29, 1.82) is 0 Å². The Kier molecular flexibility index (Phi) is 43.9. The second-order valence-electron chi connectivity index (χ2n) is 16.4. The normalized spacial score (nSPS) is 12.1. The number of ether oxygens (including phenoxy) is 3. The van der Waals surface area contributed by atoms with Crippen LogP contribution in [-0.2, 0) is 28.6 Å². The molecule has 0 rings (SSSR count). The second kappa shape index (κ2) is 45.6. The third kappa shape index (κ3) is 43.0. The highest BCUT2D eigenvalue weighted by Gasteiger charge is 2.19. The number of esters is 3. The Labute approximate surface area is 347 Å². The van der Waals surface area contributed by atoms with Crippen LogP contribution in [0.4, 0.5) is 0 Å². The van der Waals surface area contributed by atoms with Gasteiger partial charge in [0, 0.05) is 19.3 Å². The van der Waals surface area contributed by atoms with E-state index in [1.54, 1.807) is 0 Å². The van der Waals surface area contributed by atoms with E-state index >= 15 is 0 Å². The maximum absolute atomic E-state index is 12.6. The van der Waals surface area contributed by atoms with E-state index in [4.69, 9.17) is 14.2 Å². The lowest BCUT2D eigenvalue weighted by Crippen LogP contribution is -2.30. The van der Waals surface area contributed by atoms with Crippen molar-refractivity contribution in [3.8, 4) is 0 Å². The van der Waals surface area contributed by atoms with Crippen molar-refractivity contribution < 1.29 is 28.6 Å². The predicted molar refractivity (Wildman–Crippen MR) is 238 cm³/mol. The van der Waals surface area contributed by atoms with Crippen molar-refractivity contribution in [1.82, 2.24) is 0 Å². The summed E-state index contributed by atoms with van der Waals surface area (Å²) in [6.07, 6.45) is 50.7. The number of carbonyl (C=O) groups is 3. The molecule has 0 radical (unpaired) electrons. The number of carbonyl (C=O) groups excluding carboxylic acids is 3. The lowest BCUT2D eigenvalue weighted by molar-refractivity contribution is -0.167. The van der Waals surface area contributed by atoms with Crippen LogP contribution in [0.5, 0.6) is 0 Å². The highest BCUT2D eigenvalue weighted by Crippen LogP contribution is 2.15. The SMILES string of the molecule is CCCCCCC/C=C\C/C=C\CCCCCCCCCCCCCCCC(=O)OCC(COC(=O)CCCCCCCC)OC(=O)CCCCCCCCC. The maximum atomic E-state index is 12.6. The summed E-state index contributed by atoms with van der Waals surface area (Å²) in [5.41, 5.74) is 0. The largest absolute Gasteiger partial charge is 0.462 e. The van der Waals surface area contributed by atoms with Crippen LogP contribution < -0.4 is 0 Å². The van der Waals surface area contributed by atoms with Crippen LogP contribution in [0.3, 0.4) is 0 Å². The van der Waals surface area contributed by atoms with Crippen LogP contribution in [0.1, 0.15) is 258 Å². The molecular formula is C50H92O6. The molecular weight excluding hydrogens is 697 g/mol. The van der Waals surface area contributed by atoms with Crippen LogP contribution in [-0.4, -0.2) is 37.2 Å². The predicted octanol–water partition coefficient (Wildman–Crippen LogP) is 15.6. The molecule has 0 N–H and O–H groups in total. The summed E-state index contributed by atoms with van der Waals surface area (Å²) in [4.78, 5) is 37.4. The minimum Gasteiger partial charge on any atom is -0.462 e. The Bertz CT molecular complexity index is 911. The molecule has 0 spiro atoms. The number of hydrogen-bond donors (Lipinski definition) is 0. The highest BCUT2D eigenvalue weighted by atomic mass is 16.6. The summed E-state index contributed by atoms with van der Waals surface area (Å²) in [7, 11) is 0. The monoisotopic (exact) mass is 789 g/mol. The summed E-state index contributed by atoms with van der Waals surface area (Å²) < 4.78 is 16.6. The third-order valence-corrected chi connectivity index (χ3v) is 10.7. The van der Waals surface area contributed by atoms with E-state index in [2.05, 4.69) is 45.1 Å². The van der Waals surface area contributed by atoms with Gasteiger partial charge < -0.3 is 14.2 Å². The van der Waals surface area contributed by atoms with Gasteiger partial charge in [-0.1, -0.05) is 212 Å². The molecule has 6 nitrogen and oxygen atoms in total. The fourth-order valence-corrected chi connectivity index (χ4v) is 7.00. The first-order valence-electron chi connectivity index (χ1n) is 24.3. The van der Waals surface area contributed by atoms with Crippen molar-refractivity contribution in [2.24, 2.45) is 0 Å². The molecule has 1 unspecified atom stereocenters. The van der Waals surface area contributed by atoms with Gasteiger partial charge in [-0.15, -0.1) is 0 Å². The number of hydrogen-bond acceptors (Lipinski definition) is 6. The number of unbranched alkanes of at least 4 members (excludes halogenated alkanes) is 29. The Balaban J connectivity index is 3.96. The van der Waals surface area contributed by atoms with Crippen molar-refractivity contribution in [3.05, 3.63) is 24.3 Å². The van der Waals surface area contributed by atoms with Gasteiger partial charge in [0.15, 0.2) is 6.10 Å². The van der Waals surface area contributed by atoms with Gasteiger partial charge in [-0.05, 0) is 51.4 Å². The minimum atomic E-state index is -0.760. The molecule has 56 heavy (non-hydrogen) atoms. The summed E-state index contributed by atoms with van der Waals surface area (Å²) in [6.45, 7) is 6.53. The Hall–Kier alpha value is -2.11. The topological polar surface area (TPSA) is 78.9 Å². The van der Waals surface area contributed by atoms with E-state index in [9.17, 15) is 14.4 Å². The standard InChI is InChI=1S/C50H92O6/c1-4-7-10-13-16-17-18-19-20-21-22-23-24-25-26-27-28-29-30-31-32-33-35-37-40-43-49(52)55-46-47(45-54-48(51)42-39-36-15-12-9-6-3)56-50(53)44-41-38-34-14-11-8-5-2/h18-19,21-22,47H,4-17,20,23-46H2,1-3H3/b19-18-,22-21-. The van der Waals surface area contributed by atoms with Crippen molar-refractivity contribution in [2.45, 2.75) is 264 Å². The average molecular weight is 789 g/mol. The minimum absolute atomic E-state index is 0.0688. The molecule has 0 saturated carbocycles. The highest BCUT2D eigenvalue weighted by molar-refractivity contribution is 5.71. The molecule has 0 aromatic rings. The zero-order valence-corrected chi connectivity index (χ0v) is 37.4. The van der Waals surface area contributed by atoms with Crippen LogP contribution in [0.25, 0.3) is 0 Å². The Morgan fingerprint density at radius 2 is 0.643 bits per heavy atom. The molecule has 328 valence electrons. The summed E-state index contributed by atoms with van der Waals surface area (Å²) in [6, 6.07) is 0. The summed E-state index contributed by atoms with van der Waals surface area (Å²) >= 11 is 0. The van der Waals surface area contributed by atoms with Crippen LogP contribution in [0.2, 0.25) is 0 Å². The molecule has 1 atom stereocenters. The van der Waals surface area contributed by atoms with E-state index in [1.165, 1.54) is 154 Å². The lowest BCUT2D eigenvalue weighted by atomic mass is 10.0. The molecule has 0 saturated heterocycles. The molecule has 0 aromatic carbocycles. The van der Waals surface area contributed by atoms with Gasteiger partial charge in [0.05, 0.1) is 0 Å². The molecule has 0 aliphatic rings. The van der Waals surface area contributed by atoms with Gasteiger partial charge in [0.25, 0.3) is 0 Å². The molecule has 0 amide bonds. The van der Waals surface area contributed by atoms with Gasteiger partial charge in [0.1, 0.15) is 13.2 Å². The Morgan fingerprint density at radius 3 is 0.982 bits per heavy atom. The summed E-state index contributed by atoms with van der Waals surface area (Å²) in [5, 5.41) is 0. The molecule has 0 fully saturated rings. The molecule has 0 aliphatic heterocycles. The molecule has 0 aromatic heterocycles. The Morgan fingerprint density at radius 1 is 0.357 bits per heavy atom. The van der Waals surface area contributed by atoms with E-state index in [0.29, 0.717) is 19.3 Å². The first kappa shape index (κ1) is 53.9. The van der Waals surface area contributed by atoms with Gasteiger partial charge in [0.2, 0.25) is 0 Å². The molecule has 0 aliphatic carbocycles. The smallest absolute Gasteiger partial charge is 0.306 e. The number of allylic oxidation sites excluding steroid dienone is 4. The van der Waals surface area contributed by atoms with E-state index < -0.39 is 6.10 Å². The molecule has 0 bridgehead atoms. The van der Waals surface area contributed by atoms with Crippen LogP contribution >= 0.6 is 0 Å². The molecule has 6 heteroatoms. The van der Waals surface area contributed by atoms with E-state index in [0.717, 1.165) is 64.2 Å². The average Bonchev–Trinajstić information content (AvgIpc) is 3.19. The van der Waals surface area contributed by atoms with Crippen LogP contribution in [0, 0.1) is 0 Å². The van der Waals surface area contributed by atoms with Crippen molar-refractivity contribution >= 4 is 17.9 Å². The van der Waals surface area contributed by atoms with Crippen molar-refractivity contribution in [3.63, 3.8) is 0 Å². The van der Waals surface area contributed by atoms with Gasteiger partial charge in [-0.25, -0.2) is 0 Å². The first-order valence-corrected chi connectivity index (χ1v) is 24.3. The van der Waals surface area contributed by atoms with Gasteiger partial charge >= 0.3 is 17.9 Å². The quantitative estimate of drug-likeness (QED) is 0.0265. The fraction of sp³-hybridized carbons (Fsp3) is 0.860. The summed E-state index contributed by atoms with van der Waals surface area (Å²) in [5.74, 6) is -0.880. The second-order valence-corrected chi connectivity index (χ2v) is 16.4. The number of rotatable bonds is 44. The van der Waals surface area contributed by atoms with Gasteiger partial charge in [-0.3, -0.25) is 14.4 Å².